The second kappa shape index (κ2) is 9.67. The smallest absolute Gasteiger partial charge is 0.416 e. The Morgan fingerprint density at radius 1 is 1.09 bits per heavy atom. The monoisotopic (exact) mass is 479 g/mol. The molecule has 0 unspecified atom stereocenters. The maximum Gasteiger partial charge on any atom is 0.416 e. The SMILES string of the molecule is COc1ccc([C@H]2CNC(=O)/C(=C/c3cc(C(F)(F)F)ccc3Cl)C2)cc1OC1CCCC1. The molecule has 2 aromatic rings. The molecule has 176 valence electrons. The van der Waals surface area contributed by atoms with E-state index in [1.54, 1.807) is 7.11 Å². The molecule has 1 N–H and O–H groups in total. The lowest BCUT2D eigenvalue weighted by Crippen LogP contribution is -2.35. The fourth-order valence-corrected chi connectivity index (χ4v) is 4.54. The Labute approximate surface area is 195 Å². The van der Waals surface area contributed by atoms with Crippen LogP contribution in [0.25, 0.3) is 6.08 Å². The number of halogens is 4. The maximum absolute atomic E-state index is 13.1. The van der Waals surface area contributed by atoms with Gasteiger partial charge in [0.15, 0.2) is 11.5 Å². The predicted octanol–water partition coefficient (Wildman–Crippen LogP) is 6.38. The molecule has 1 atom stereocenters. The van der Waals surface area contributed by atoms with E-state index in [1.807, 2.05) is 18.2 Å². The Balaban J connectivity index is 1.60. The van der Waals surface area contributed by atoms with E-state index in [4.69, 9.17) is 21.1 Å². The van der Waals surface area contributed by atoms with Crippen LogP contribution in [0.5, 0.6) is 11.5 Å². The van der Waals surface area contributed by atoms with Gasteiger partial charge in [0.1, 0.15) is 0 Å². The highest BCUT2D eigenvalue weighted by molar-refractivity contribution is 6.32. The van der Waals surface area contributed by atoms with Crippen molar-refractivity contribution < 1.29 is 27.4 Å². The molecular weight excluding hydrogens is 455 g/mol. The van der Waals surface area contributed by atoms with Gasteiger partial charge in [0.05, 0.1) is 18.8 Å². The number of hydrogen-bond donors (Lipinski definition) is 1. The van der Waals surface area contributed by atoms with Crippen molar-refractivity contribution in [3.05, 3.63) is 63.7 Å². The second-order valence-electron chi connectivity index (χ2n) is 8.45. The van der Waals surface area contributed by atoms with Crippen LogP contribution < -0.4 is 14.8 Å². The fourth-order valence-electron chi connectivity index (χ4n) is 4.36. The first-order valence-corrected chi connectivity index (χ1v) is 11.3. The van der Waals surface area contributed by atoms with E-state index >= 15 is 0 Å². The first-order valence-electron chi connectivity index (χ1n) is 10.9. The van der Waals surface area contributed by atoms with E-state index in [2.05, 4.69) is 5.32 Å². The third kappa shape index (κ3) is 5.46. The topological polar surface area (TPSA) is 47.6 Å². The van der Waals surface area contributed by atoms with Crippen LogP contribution >= 0.6 is 11.6 Å². The number of carbonyl (C=O) groups excluding carboxylic acids is 1. The summed E-state index contributed by atoms with van der Waals surface area (Å²) >= 11 is 6.13. The van der Waals surface area contributed by atoms with Gasteiger partial charge in [0.2, 0.25) is 5.91 Å². The number of alkyl halides is 3. The van der Waals surface area contributed by atoms with Gasteiger partial charge in [-0.15, -0.1) is 0 Å². The predicted molar refractivity (Wildman–Crippen MR) is 121 cm³/mol. The molecule has 4 nitrogen and oxygen atoms in total. The summed E-state index contributed by atoms with van der Waals surface area (Å²) in [5, 5.41) is 3.00. The van der Waals surface area contributed by atoms with Crippen molar-refractivity contribution in [2.75, 3.05) is 13.7 Å². The molecule has 1 amide bonds. The molecule has 8 heteroatoms. The quantitative estimate of drug-likeness (QED) is 0.506. The lowest BCUT2D eigenvalue weighted by Gasteiger charge is -2.26. The molecule has 1 aliphatic heterocycles. The minimum Gasteiger partial charge on any atom is -0.493 e. The normalized spacial score (nSPS) is 20.7. The summed E-state index contributed by atoms with van der Waals surface area (Å²) in [6.07, 6.45) is 1.80. The summed E-state index contributed by atoms with van der Waals surface area (Å²) < 4.78 is 51.0. The number of piperidine rings is 1. The lowest BCUT2D eigenvalue weighted by molar-refractivity contribution is -0.137. The Hall–Kier alpha value is -2.67. The van der Waals surface area contributed by atoms with E-state index < -0.39 is 11.7 Å². The average Bonchev–Trinajstić information content (AvgIpc) is 3.29. The summed E-state index contributed by atoms with van der Waals surface area (Å²) in [4.78, 5) is 12.5. The Morgan fingerprint density at radius 3 is 2.55 bits per heavy atom. The van der Waals surface area contributed by atoms with Crippen LogP contribution in [0, 0.1) is 0 Å². The lowest BCUT2D eigenvalue weighted by atomic mass is 9.87. The zero-order valence-corrected chi connectivity index (χ0v) is 18.9. The van der Waals surface area contributed by atoms with E-state index in [1.165, 1.54) is 12.1 Å². The largest absolute Gasteiger partial charge is 0.493 e. The number of hydrogen-bond acceptors (Lipinski definition) is 3. The van der Waals surface area contributed by atoms with Gasteiger partial charge in [-0.25, -0.2) is 0 Å². The van der Waals surface area contributed by atoms with Crippen molar-refractivity contribution in [1.82, 2.24) is 5.32 Å². The van der Waals surface area contributed by atoms with E-state index in [9.17, 15) is 18.0 Å². The summed E-state index contributed by atoms with van der Waals surface area (Å²) in [5.74, 6) is 0.952. The van der Waals surface area contributed by atoms with Gasteiger partial charge in [0.25, 0.3) is 0 Å². The molecule has 1 aliphatic carbocycles. The third-order valence-corrected chi connectivity index (χ3v) is 6.52. The molecule has 0 spiro atoms. The van der Waals surface area contributed by atoms with Gasteiger partial charge < -0.3 is 14.8 Å². The molecule has 1 saturated heterocycles. The number of nitrogens with one attached hydrogen (secondary N) is 1. The molecule has 0 radical (unpaired) electrons. The van der Waals surface area contributed by atoms with Crippen LogP contribution in [0.4, 0.5) is 13.2 Å². The highest BCUT2D eigenvalue weighted by Gasteiger charge is 2.31. The summed E-state index contributed by atoms with van der Waals surface area (Å²) in [6, 6.07) is 8.81. The van der Waals surface area contributed by atoms with Crippen molar-refractivity contribution in [3.8, 4) is 11.5 Å². The van der Waals surface area contributed by atoms with Gasteiger partial charge in [-0.05, 0) is 79.6 Å². The Kier molecular flexibility index (Phi) is 6.88. The molecule has 1 saturated carbocycles. The zero-order chi connectivity index (χ0) is 23.6. The molecule has 0 aromatic heterocycles. The van der Waals surface area contributed by atoms with E-state index in [0.717, 1.165) is 43.4 Å². The molecular formula is C25H25ClF3NO3. The number of amides is 1. The number of ether oxygens (including phenoxy) is 2. The van der Waals surface area contributed by atoms with Crippen molar-refractivity contribution in [2.45, 2.75) is 50.3 Å². The number of benzene rings is 2. The summed E-state index contributed by atoms with van der Waals surface area (Å²) in [5.41, 5.74) is 0.694. The summed E-state index contributed by atoms with van der Waals surface area (Å²) in [6.45, 7) is 0.418. The minimum atomic E-state index is -4.49. The maximum atomic E-state index is 13.1. The van der Waals surface area contributed by atoms with Crippen molar-refractivity contribution in [1.29, 1.82) is 0 Å². The van der Waals surface area contributed by atoms with Crippen LogP contribution in [0.15, 0.2) is 42.0 Å². The van der Waals surface area contributed by atoms with Gasteiger partial charge in [-0.2, -0.15) is 13.2 Å². The summed E-state index contributed by atoms with van der Waals surface area (Å²) in [7, 11) is 1.59. The molecule has 1 heterocycles. The number of rotatable bonds is 5. The highest BCUT2D eigenvalue weighted by atomic mass is 35.5. The van der Waals surface area contributed by atoms with Crippen molar-refractivity contribution >= 4 is 23.6 Å². The first kappa shape index (κ1) is 23.5. The number of methoxy groups -OCH3 is 1. The van der Waals surface area contributed by atoms with Crippen molar-refractivity contribution in [2.24, 2.45) is 0 Å². The molecule has 2 aromatic carbocycles. The van der Waals surface area contributed by atoms with Gasteiger partial charge in [-0.3, -0.25) is 4.79 Å². The zero-order valence-electron chi connectivity index (χ0n) is 18.2. The van der Waals surface area contributed by atoms with Gasteiger partial charge >= 0.3 is 6.18 Å². The molecule has 33 heavy (non-hydrogen) atoms. The molecule has 0 bridgehead atoms. The van der Waals surface area contributed by atoms with Crippen molar-refractivity contribution in [3.63, 3.8) is 0 Å². The van der Waals surface area contributed by atoms with Crippen LogP contribution in [-0.2, 0) is 11.0 Å². The van der Waals surface area contributed by atoms with Crippen LogP contribution in [0.1, 0.15) is 54.7 Å². The number of carbonyl (C=O) groups is 1. The standard InChI is InChI=1S/C25H25ClF3NO3/c1-32-22-9-6-15(13-23(22)33-20-4-2-3-5-20)18-11-17(24(31)30-14-18)10-16-12-19(25(27,28)29)7-8-21(16)26/h6-10,12-13,18,20H,2-5,11,14H2,1H3,(H,30,31)/b17-10+/t18-/m1/s1. The Morgan fingerprint density at radius 2 is 1.85 bits per heavy atom. The fraction of sp³-hybridized carbons (Fsp3) is 0.400. The van der Waals surface area contributed by atoms with Crippen LogP contribution in [0.2, 0.25) is 5.02 Å². The van der Waals surface area contributed by atoms with E-state index in [-0.39, 0.29) is 28.5 Å². The molecule has 2 fully saturated rings. The van der Waals surface area contributed by atoms with E-state index in [0.29, 0.717) is 30.0 Å². The molecule has 4 rings (SSSR count). The van der Waals surface area contributed by atoms with Gasteiger partial charge in [0, 0.05) is 23.1 Å². The van der Waals surface area contributed by atoms with Gasteiger partial charge in [-0.1, -0.05) is 17.7 Å². The first-order chi connectivity index (χ1) is 15.7. The highest BCUT2D eigenvalue weighted by Crippen LogP contribution is 2.38. The second-order valence-corrected chi connectivity index (χ2v) is 8.86. The Bertz CT molecular complexity index is 1060. The van der Waals surface area contributed by atoms with Crippen LogP contribution in [0.3, 0.4) is 0 Å². The minimum absolute atomic E-state index is 0.0599. The molecule has 2 aliphatic rings. The average molecular weight is 480 g/mol. The third-order valence-electron chi connectivity index (χ3n) is 6.17. The van der Waals surface area contributed by atoms with Crippen LogP contribution in [-0.4, -0.2) is 25.7 Å².